The van der Waals surface area contributed by atoms with Crippen molar-refractivity contribution in [1.29, 1.82) is 0 Å². The van der Waals surface area contributed by atoms with E-state index in [1.54, 1.807) is 0 Å². The number of hydrogen-bond acceptors (Lipinski definition) is 4. The maximum atomic E-state index is 3.85. The Morgan fingerprint density at radius 2 is 1.07 bits per heavy atom. The fraction of sp³-hybridized carbons (Fsp3) is 1.00. The smallest absolute Gasteiger partial charge is 0.00940 e. The second-order valence-electron chi connectivity index (χ2n) is 10.4. The van der Waals surface area contributed by atoms with Crippen molar-refractivity contribution in [3.8, 4) is 0 Å². The van der Waals surface area contributed by atoms with E-state index in [0.29, 0.717) is 6.04 Å². The molecule has 3 fully saturated rings. The summed E-state index contributed by atoms with van der Waals surface area (Å²) in [6.45, 7) is 18.9. The van der Waals surface area contributed by atoms with Crippen molar-refractivity contribution in [2.45, 2.75) is 136 Å². The first-order valence-electron chi connectivity index (χ1n) is 12.9. The zero-order valence-electron chi connectivity index (χ0n) is 20.6. The van der Waals surface area contributed by atoms with Gasteiger partial charge in [0.15, 0.2) is 0 Å². The van der Waals surface area contributed by atoms with Gasteiger partial charge in [-0.05, 0) is 106 Å². The molecular formula is C25H52N4. The van der Waals surface area contributed by atoms with Crippen LogP contribution in [0.25, 0.3) is 0 Å². The molecule has 29 heavy (non-hydrogen) atoms. The van der Waals surface area contributed by atoms with E-state index in [1.165, 1.54) is 84.0 Å². The van der Waals surface area contributed by atoms with Crippen LogP contribution in [0.4, 0.5) is 0 Å². The van der Waals surface area contributed by atoms with Crippen LogP contribution in [0.2, 0.25) is 0 Å². The number of likely N-dealkylation sites (tertiary alicyclic amines) is 2. The Balaban J connectivity index is 0.000000208. The quantitative estimate of drug-likeness (QED) is 0.642. The van der Waals surface area contributed by atoms with Gasteiger partial charge >= 0.3 is 0 Å². The Labute approximate surface area is 182 Å². The molecule has 0 bridgehead atoms. The summed E-state index contributed by atoms with van der Waals surface area (Å²) in [6, 6.07) is 4.56. The fourth-order valence-electron chi connectivity index (χ4n) is 5.11. The van der Waals surface area contributed by atoms with Crippen molar-refractivity contribution in [2.24, 2.45) is 0 Å². The molecule has 0 radical (unpaired) electrons. The normalized spacial score (nSPS) is 24.8. The second-order valence-corrected chi connectivity index (χ2v) is 10.4. The van der Waals surface area contributed by atoms with E-state index < -0.39 is 0 Å². The highest BCUT2D eigenvalue weighted by Gasteiger charge is 2.24. The Morgan fingerprint density at radius 1 is 0.655 bits per heavy atom. The summed E-state index contributed by atoms with van der Waals surface area (Å²) in [6.07, 6.45) is 12.3. The van der Waals surface area contributed by atoms with E-state index in [2.05, 4.69) is 62.0 Å². The molecule has 0 aromatic carbocycles. The van der Waals surface area contributed by atoms with Gasteiger partial charge in [-0.2, -0.15) is 0 Å². The lowest BCUT2D eigenvalue weighted by atomic mass is 10.0. The first-order chi connectivity index (χ1) is 13.9. The maximum Gasteiger partial charge on any atom is 0.00940 e. The van der Waals surface area contributed by atoms with Crippen LogP contribution in [-0.2, 0) is 0 Å². The molecule has 1 unspecified atom stereocenters. The number of hydrogen-bond donors (Lipinski definition) is 2. The molecule has 0 aromatic rings. The van der Waals surface area contributed by atoms with Crippen molar-refractivity contribution in [1.82, 2.24) is 20.4 Å². The molecule has 3 rings (SSSR count). The highest BCUT2D eigenvalue weighted by molar-refractivity contribution is 4.84. The molecule has 4 nitrogen and oxygen atoms in total. The number of rotatable bonds is 7. The Kier molecular flexibility index (Phi) is 11.5. The molecule has 3 aliphatic rings. The molecular weight excluding hydrogens is 356 g/mol. The van der Waals surface area contributed by atoms with E-state index >= 15 is 0 Å². The number of piperidine rings is 2. The highest BCUT2D eigenvalue weighted by Crippen LogP contribution is 2.21. The van der Waals surface area contributed by atoms with Gasteiger partial charge in [-0.25, -0.2) is 0 Å². The third-order valence-electron chi connectivity index (χ3n) is 7.48. The molecule has 1 saturated carbocycles. The van der Waals surface area contributed by atoms with Crippen molar-refractivity contribution in [3.05, 3.63) is 0 Å². The standard InChI is InChI=1S/C13H26N2.C12H26N2/c1-11(2)15-9-7-13(8-10-15)14-12-5-3-4-6-12;1-5-11(4)13-12-6-8-14(9-7-12)10(2)3/h11-14H,3-10H2,1-2H3;10-13H,5-9H2,1-4H3. The number of nitrogens with zero attached hydrogens (tertiary/aromatic N) is 2. The fourth-order valence-corrected chi connectivity index (χ4v) is 5.11. The topological polar surface area (TPSA) is 30.5 Å². The third kappa shape index (κ3) is 9.25. The molecule has 0 spiro atoms. The summed E-state index contributed by atoms with van der Waals surface area (Å²) in [5.41, 5.74) is 0. The van der Waals surface area contributed by atoms with Gasteiger partial charge in [-0.1, -0.05) is 19.8 Å². The van der Waals surface area contributed by atoms with E-state index in [9.17, 15) is 0 Å². The van der Waals surface area contributed by atoms with Crippen molar-refractivity contribution < 1.29 is 0 Å². The summed E-state index contributed by atoms with van der Waals surface area (Å²) in [4.78, 5) is 5.18. The molecule has 2 N–H and O–H groups in total. The summed E-state index contributed by atoms with van der Waals surface area (Å²) in [5.74, 6) is 0. The monoisotopic (exact) mass is 408 g/mol. The molecule has 1 atom stereocenters. The Hall–Kier alpha value is -0.160. The van der Waals surface area contributed by atoms with E-state index in [4.69, 9.17) is 0 Å². The minimum atomic E-state index is 0.686. The summed E-state index contributed by atoms with van der Waals surface area (Å²) in [5, 5.41) is 7.55. The van der Waals surface area contributed by atoms with Crippen LogP contribution in [0, 0.1) is 0 Å². The van der Waals surface area contributed by atoms with E-state index in [-0.39, 0.29) is 0 Å². The maximum absolute atomic E-state index is 3.85. The lowest BCUT2D eigenvalue weighted by molar-refractivity contribution is 0.156. The van der Waals surface area contributed by atoms with E-state index in [0.717, 1.165) is 30.2 Å². The predicted molar refractivity (Wildman–Crippen MR) is 128 cm³/mol. The molecule has 0 aromatic heterocycles. The second kappa shape index (κ2) is 13.3. The average Bonchev–Trinajstić information content (AvgIpc) is 3.22. The first kappa shape index (κ1) is 25.1. The van der Waals surface area contributed by atoms with Gasteiger partial charge in [0, 0.05) is 36.3 Å². The summed E-state index contributed by atoms with van der Waals surface area (Å²) >= 11 is 0. The van der Waals surface area contributed by atoms with Crippen molar-refractivity contribution in [3.63, 3.8) is 0 Å². The molecule has 4 heteroatoms. The lowest BCUT2D eigenvalue weighted by Crippen LogP contribution is -2.47. The highest BCUT2D eigenvalue weighted by atomic mass is 15.2. The molecule has 172 valence electrons. The predicted octanol–water partition coefficient (Wildman–Crippen LogP) is 4.64. The average molecular weight is 409 g/mol. The van der Waals surface area contributed by atoms with E-state index in [1.807, 2.05) is 0 Å². The van der Waals surface area contributed by atoms with Crippen LogP contribution in [-0.4, -0.2) is 72.2 Å². The summed E-state index contributed by atoms with van der Waals surface area (Å²) in [7, 11) is 0. The van der Waals surface area contributed by atoms with Gasteiger partial charge in [-0.15, -0.1) is 0 Å². The molecule has 2 aliphatic heterocycles. The van der Waals surface area contributed by atoms with Gasteiger partial charge in [-0.3, -0.25) is 0 Å². The lowest BCUT2D eigenvalue weighted by Gasteiger charge is -2.36. The van der Waals surface area contributed by atoms with Crippen molar-refractivity contribution >= 4 is 0 Å². The third-order valence-corrected chi connectivity index (χ3v) is 7.48. The first-order valence-corrected chi connectivity index (χ1v) is 12.9. The molecule has 2 heterocycles. The van der Waals surface area contributed by atoms with Gasteiger partial charge in [0.25, 0.3) is 0 Å². The number of nitrogens with one attached hydrogen (secondary N) is 2. The SMILES string of the molecule is CC(C)N1CCC(NC2CCCC2)CC1.CCC(C)NC1CCN(C(C)C)CC1. The Morgan fingerprint density at radius 3 is 1.48 bits per heavy atom. The van der Waals surface area contributed by atoms with Crippen LogP contribution in [0.3, 0.4) is 0 Å². The van der Waals surface area contributed by atoms with Crippen molar-refractivity contribution in [2.75, 3.05) is 26.2 Å². The minimum absolute atomic E-state index is 0.686. The zero-order chi connectivity index (χ0) is 21.2. The van der Waals surface area contributed by atoms with Gasteiger partial charge < -0.3 is 20.4 Å². The molecule has 0 amide bonds. The van der Waals surface area contributed by atoms with Crippen LogP contribution < -0.4 is 10.6 Å². The minimum Gasteiger partial charge on any atom is -0.311 e. The Bertz CT molecular complexity index is 403. The molecule has 2 saturated heterocycles. The molecule has 1 aliphatic carbocycles. The van der Waals surface area contributed by atoms with Gasteiger partial charge in [0.2, 0.25) is 0 Å². The van der Waals surface area contributed by atoms with Crippen LogP contribution >= 0.6 is 0 Å². The van der Waals surface area contributed by atoms with Crippen LogP contribution in [0.1, 0.15) is 99.3 Å². The largest absolute Gasteiger partial charge is 0.311 e. The van der Waals surface area contributed by atoms with Crippen LogP contribution in [0.15, 0.2) is 0 Å². The van der Waals surface area contributed by atoms with Gasteiger partial charge in [0.1, 0.15) is 0 Å². The zero-order valence-corrected chi connectivity index (χ0v) is 20.6. The van der Waals surface area contributed by atoms with Gasteiger partial charge in [0.05, 0.1) is 0 Å². The summed E-state index contributed by atoms with van der Waals surface area (Å²) < 4.78 is 0. The van der Waals surface area contributed by atoms with Crippen LogP contribution in [0.5, 0.6) is 0 Å².